The number of Topliss-reactive ketones (excluding diaryl/α,β-unsaturated/α-hetero) is 1. The fraction of sp³-hybridized carbons (Fsp3) is 0.429. The van der Waals surface area contributed by atoms with Gasteiger partial charge < -0.3 is 9.84 Å². The molecule has 0 aromatic heterocycles. The van der Waals surface area contributed by atoms with Crippen molar-refractivity contribution in [2.75, 3.05) is 7.11 Å². The summed E-state index contributed by atoms with van der Waals surface area (Å²) < 4.78 is 5.07. The Morgan fingerprint density at radius 2 is 2.00 bits per heavy atom. The molecule has 0 amide bonds. The monoisotopic (exact) mass is 248 g/mol. The fourth-order valence-corrected chi connectivity index (χ4v) is 2.56. The second-order valence-corrected chi connectivity index (χ2v) is 4.58. The van der Waals surface area contributed by atoms with Crippen LogP contribution in [0.4, 0.5) is 0 Å². The maximum absolute atomic E-state index is 12.3. The predicted molar refractivity (Wildman–Crippen MR) is 65.8 cm³/mol. The highest BCUT2D eigenvalue weighted by atomic mass is 16.5. The Morgan fingerprint density at radius 3 is 2.67 bits per heavy atom. The molecule has 0 unspecified atom stereocenters. The van der Waals surface area contributed by atoms with Gasteiger partial charge in [0.2, 0.25) is 0 Å². The number of carbonyl (C=O) groups is 2. The first kappa shape index (κ1) is 12.6. The summed E-state index contributed by atoms with van der Waals surface area (Å²) in [6, 6.07) is 6.89. The van der Waals surface area contributed by atoms with E-state index < -0.39 is 17.8 Å². The maximum atomic E-state index is 12.3. The van der Waals surface area contributed by atoms with Gasteiger partial charge in [0.05, 0.1) is 13.0 Å². The van der Waals surface area contributed by atoms with Gasteiger partial charge in [0.15, 0.2) is 5.78 Å². The van der Waals surface area contributed by atoms with Crippen molar-refractivity contribution in [3.05, 3.63) is 29.8 Å². The molecular formula is C14H16O4. The van der Waals surface area contributed by atoms with Crippen LogP contribution in [0.1, 0.15) is 29.6 Å². The lowest BCUT2D eigenvalue weighted by Crippen LogP contribution is -2.25. The van der Waals surface area contributed by atoms with Crippen molar-refractivity contribution in [3.63, 3.8) is 0 Å². The Balaban J connectivity index is 2.22. The number of carboxylic acids is 1. The lowest BCUT2D eigenvalue weighted by molar-refractivity contribution is -0.142. The molecular weight excluding hydrogens is 232 g/mol. The quantitative estimate of drug-likeness (QED) is 0.831. The van der Waals surface area contributed by atoms with Crippen LogP contribution in [0.2, 0.25) is 0 Å². The smallest absolute Gasteiger partial charge is 0.307 e. The third-order valence-corrected chi connectivity index (χ3v) is 3.52. The largest absolute Gasteiger partial charge is 0.497 e. The number of methoxy groups -OCH3 is 1. The lowest BCUT2D eigenvalue weighted by atomic mass is 9.88. The average Bonchev–Trinajstić information content (AvgIpc) is 2.87. The number of hydrogen-bond acceptors (Lipinski definition) is 3. The van der Waals surface area contributed by atoms with Crippen LogP contribution in [0.15, 0.2) is 24.3 Å². The van der Waals surface area contributed by atoms with Crippen molar-refractivity contribution in [2.45, 2.75) is 19.3 Å². The summed E-state index contributed by atoms with van der Waals surface area (Å²) in [5, 5.41) is 9.10. The molecule has 18 heavy (non-hydrogen) atoms. The highest BCUT2D eigenvalue weighted by molar-refractivity contribution is 6.00. The van der Waals surface area contributed by atoms with E-state index >= 15 is 0 Å². The number of ether oxygens (including phenoxy) is 1. The van der Waals surface area contributed by atoms with Gasteiger partial charge in [-0.05, 0) is 25.0 Å². The zero-order chi connectivity index (χ0) is 13.1. The van der Waals surface area contributed by atoms with Crippen molar-refractivity contribution < 1.29 is 19.4 Å². The molecule has 0 aliphatic heterocycles. The zero-order valence-electron chi connectivity index (χ0n) is 10.3. The Kier molecular flexibility index (Phi) is 3.65. The van der Waals surface area contributed by atoms with Crippen LogP contribution in [-0.2, 0) is 4.79 Å². The second kappa shape index (κ2) is 5.21. The van der Waals surface area contributed by atoms with Gasteiger partial charge in [-0.3, -0.25) is 9.59 Å². The molecule has 1 aliphatic carbocycles. The van der Waals surface area contributed by atoms with E-state index in [1.54, 1.807) is 31.4 Å². The molecule has 1 saturated carbocycles. The minimum atomic E-state index is -0.867. The molecule has 1 aliphatic rings. The van der Waals surface area contributed by atoms with Gasteiger partial charge in [-0.15, -0.1) is 0 Å². The van der Waals surface area contributed by atoms with Crippen LogP contribution in [0.3, 0.4) is 0 Å². The van der Waals surface area contributed by atoms with E-state index in [0.717, 1.165) is 6.42 Å². The average molecular weight is 248 g/mol. The second-order valence-electron chi connectivity index (χ2n) is 4.58. The van der Waals surface area contributed by atoms with E-state index in [-0.39, 0.29) is 5.78 Å². The first-order valence-corrected chi connectivity index (χ1v) is 6.04. The Bertz CT molecular complexity index is 467. The standard InChI is InChI=1S/C14H16O4/c1-18-10-5-2-4-9(8-10)13(15)11-6-3-7-12(11)14(16)17/h2,4-5,8,11-12H,3,6-7H2,1H3,(H,16,17)/t11-,12-/m0/s1. The van der Waals surface area contributed by atoms with Gasteiger partial charge in [0.1, 0.15) is 5.75 Å². The van der Waals surface area contributed by atoms with Gasteiger partial charge in [-0.2, -0.15) is 0 Å². The first-order chi connectivity index (χ1) is 8.63. The molecule has 1 N–H and O–H groups in total. The van der Waals surface area contributed by atoms with E-state index in [4.69, 9.17) is 9.84 Å². The van der Waals surface area contributed by atoms with Crippen molar-refractivity contribution in [2.24, 2.45) is 11.8 Å². The molecule has 0 heterocycles. The molecule has 4 nitrogen and oxygen atoms in total. The Labute approximate surface area is 106 Å². The zero-order valence-corrected chi connectivity index (χ0v) is 10.3. The predicted octanol–water partition coefficient (Wildman–Crippen LogP) is 2.38. The molecule has 96 valence electrons. The molecule has 0 spiro atoms. The van der Waals surface area contributed by atoms with Crippen LogP contribution >= 0.6 is 0 Å². The molecule has 1 aromatic carbocycles. The van der Waals surface area contributed by atoms with Crippen LogP contribution in [-0.4, -0.2) is 24.0 Å². The van der Waals surface area contributed by atoms with E-state index in [0.29, 0.717) is 24.2 Å². The molecule has 1 fully saturated rings. The Morgan fingerprint density at radius 1 is 1.28 bits per heavy atom. The summed E-state index contributed by atoms with van der Waals surface area (Å²) in [6.07, 6.45) is 2.06. The minimum Gasteiger partial charge on any atom is -0.497 e. The number of carbonyl (C=O) groups excluding carboxylic acids is 1. The molecule has 1 aromatic rings. The number of hydrogen-bond donors (Lipinski definition) is 1. The summed E-state index contributed by atoms with van der Waals surface area (Å²) in [5.74, 6) is -1.27. The summed E-state index contributed by atoms with van der Waals surface area (Å²) in [7, 11) is 1.54. The van der Waals surface area contributed by atoms with Gasteiger partial charge in [-0.25, -0.2) is 0 Å². The van der Waals surface area contributed by atoms with Crippen LogP contribution in [0, 0.1) is 11.8 Å². The SMILES string of the molecule is COc1cccc(C(=O)[C@H]2CCC[C@@H]2C(=O)O)c1. The first-order valence-electron chi connectivity index (χ1n) is 6.04. The fourth-order valence-electron chi connectivity index (χ4n) is 2.56. The van der Waals surface area contributed by atoms with Crippen molar-refractivity contribution in [3.8, 4) is 5.75 Å². The van der Waals surface area contributed by atoms with E-state index in [2.05, 4.69) is 0 Å². The molecule has 4 heteroatoms. The van der Waals surface area contributed by atoms with Crippen molar-refractivity contribution in [1.29, 1.82) is 0 Å². The summed E-state index contributed by atoms with van der Waals surface area (Å²) >= 11 is 0. The van der Waals surface area contributed by atoms with Gasteiger partial charge in [0, 0.05) is 11.5 Å². The van der Waals surface area contributed by atoms with E-state index in [1.165, 1.54) is 0 Å². The summed E-state index contributed by atoms with van der Waals surface area (Å²) in [4.78, 5) is 23.4. The van der Waals surface area contributed by atoms with Crippen LogP contribution in [0.25, 0.3) is 0 Å². The maximum Gasteiger partial charge on any atom is 0.307 e. The van der Waals surface area contributed by atoms with Gasteiger partial charge in [-0.1, -0.05) is 18.6 Å². The van der Waals surface area contributed by atoms with Crippen LogP contribution in [0.5, 0.6) is 5.75 Å². The normalized spacial score (nSPS) is 22.7. The molecule has 0 radical (unpaired) electrons. The topological polar surface area (TPSA) is 63.6 Å². The van der Waals surface area contributed by atoms with Gasteiger partial charge >= 0.3 is 5.97 Å². The molecule has 2 rings (SSSR count). The third kappa shape index (κ3) is 2.37. The number of aliphatic carboxylic acids is 1. The lowest BCUT2D eigenvalue weighted by Gasteiger charge is -2.14. The number of rotatable bonds is 4. The number of ketones is 1. The highest BCUT2D eigenvalue weighted by Crippen LogP contribution is 2.34. The molecule has 0 saturated heterocycles. The number of benzene rings is 1. The Hall–Kier alpha value is -1.84. The summed E-state index contributed by atoms with van der Waals surface area (Å²) in [6.45, 7) is 0. The summed E-state index contributed by atoms with van der Waals surface area (Å²) in [5.41, 5.74) is 0.535. The van der Waals surface area contributed by atoms with E-state index in [1.807, 2.05) is 0 Å². The van der Waals surface area contributed by atoms with Gasteiger partial charge in [0.25, 0.3) is 0 Å². The van der Waals surface area contributed by atoms with Crippen molar-refractivity contribution >= 4 is 11.8 Å². The third-order valence-electron chi connectivity index (χ3n) is 3.52. The number of carboxylic acid groups (broad SMARTS) is 1. The highest BCUT2D eigenvalue weighted by Gasteiger charge is 2.37. The minimum absolute atomic E-state index is 0.0844. The van der Waals surface area contributed by atoms with Crippen molar-refractivity contribution in [1.82, 2.24) is 0 Å². The van der Waals surface area contributed by atoms with Crippen LogP contribution < -0.4 is 4.74 Å². The molecule has 0 bridgehead atoms. The molecule has 2 atom stereocenters. The van der Waals surface area contributed by atoms with E-state index in [9.17, 15) is 9.59 Å².